The van der Waals surface area contributed by atoms with Gasteiger partial charge in [-0.3, -0.25) is 4.68 Å². The molecule has 0 amide bonds. The molecule has 0 aliphatic heterocycles. The Labute approximate surface area is 125 Å². The minimum absolute atomic E-state index is 0.418. The third-order valence-corrected chi connectivity index (χ3v) is 4.28. The van der Waals surface area contributed by atoms with Crippen molar-refractivity contribution < 1.29 is 5.11 Å². The molecule has 4 nitrogen and oxygen atoms in total. The van der Waals surface area contributed by atoms with Crippen LogP contribution in [0.25, 0.3) is 0 Å². The van der Waals surface area contributed by atoms with E-state index in [0.29, 0.717) is 12.2 Å². The summed E-state index contributed by atoms with van der Waals surface area (Å²) in [7, 11) is 0. The molecule has 1 aromatic heterocycles. The lowest BCUT2D eigenvalue weighted by molar-refractivity contribution is 0.195. The number of aliphatic hydroxyl groups is 1. The lowest BCUT2D eigenvalue weighted by Gasteiger charge is -2.10. The Kier molecular flexibility index (Phi) is 5.42. The molecule has 2 rings (SSSR count). The smallest absolute Gasteiger partial charge is 0.138 e. The van der Waals surface area contributed by atoms with Gasteiger partial charge in [-0.25, -0.2) is 4.98 Å². The number of aliphatic hydroxyl groups excluding tert-OH is 1. The van der Waals surface area contributed by atoms with Crippen LogP contribution in [0.5, 0.6) is 0 Å². The highest BCUT2D eigenvalue weighted by molar-refractivity contribution is 9.10. The maximum Gasteiger partial charge on any atom is 0.138 e. The number of nitrogens with zero attached hydrogens (tertiary/aromatic N) is 3. The summed E-state index contributed by atoms with van der Waals surface area (Å²) in [5.41, 5.74) is 0. The fraction of sp³-hybridized carbons (Fsp3) is 0.385. The zero-order chi connectivity index (χ0) is 13.7. The maximum absolute atomic E-state index is 10.1. The van der Waals surface area contributed by atoms with Crippen molar-refractivity contribution in [2.45, 2.75) is 30.9 Å². The molecule has 0 saturated heterocycles. The quantitative estimate of drug-likeness (QED) is 0.820. The van der Waals surface area contributed by atoms with Gasteiger partial charge in [0, 0.05) is 28.1 Å². The van der Waals surface area contributed by atoms with E-state index in [9.17, 15) is 5.11 Å². The molecular formula is C13H16BrN3OS. The molecule has 0 aliphatic carbocycles. The zero-order valence-electron chi connectivity index (χ0n) is 10.7. The Bertz CT molecular complexity index is 532. The first-order valence-corrected chi connectivity index (χ1v) is 7.90. The number of hydrogen-bond acceptors (Lipinski definition) is 4. The fourth-order valence-corrected chi connectivity index (χ4v) is 3.17. The highest BCUT2D eigenvalue weighted by Gasteiger charge is 2.11. The van der Waals surface area contributed by atoms with E-state index in [0.717, 1.165) is 21.7 Å². The van der Waals surface area contributed by atoms with Crippen molar-refractivity contribution in [3.63, 3.8) is 0 Å². The van der Waals surface area contributed by atoms with Gasteiger partial charge in [-0.2, -0.15) is 5.10 Å². The van der Waals surface area contributed by atoms with Gasteiger partial charge in [-0.1, -0.05) is 22.0 Å². The van der Waals surface area contributed by atoms with Crippen LogP contribution in [0.2, 0.25) is 0 Å². The second kappa shape index (κ2) is 7.07. The molecule has 1 heterocycles. The van der Waals surface area contributed by atoms with Crippen molar-refractivity contribution in [3.8, 4) is 0 Å². The van der Waals surface area contributed by atoms with Gasteiger partial charge >= 0.3 is 0 Å². The number of aryl methyl sites for hydroxylation is 1. The summed E-state index contributed by atoms with van der Waals surface area (Å²) in [6.45, 7) is 2.79. The Morgan fingerprint density at radius 3 is 3.05 bits per heavy atom. The maximum atomic E-state index is 10.1. The standard InChI is InChI=1S/C13H16BrN3OS/c1-2-17-13(15-9-16-17)7-11(18)8-19-12-5-3-4-10(14)6-12/h3-6,9,11,18H,2,7-8H2,1H3. The Hall–Kier alpha value is -0.850. The van der Waals surface area contributed by atoms with Crippen molar-refractivity contribution in [2.75, 3.05) is 5.75 Å². The average Bonchev–Trinajstić information content (AvgIpc) is 2.84. The Morgan fingerprint density at radius 2 is 2.32 bits per heavy atom. The topological polar surface area (TPSA) is 50.9 Å². The number of rotatable bonds is 6. The van der Waals surface area contributed by atoms with Gasteiger partial charge in [0.1, 0.15) is 12.2 Å². The molecule has 6 heteroatoms. The summed E-state index contributed by atoms with van der Waals surface area (Å²) in [5, 5.41) is 14.2. The van der Waals surface area contributed by atoms with Gasteiger partial charge < -0.3 is 5.11 Å². The van der Waals surface area contributed by atoms with E-state index in [1.165, 1.54) is 6.33 Å². The minimum atomic E-state index is -0.418. The van der Waals surface area contributed by atoms with Crippen LogP contribution in [0, 0.1) is 0 Å². The number of halogens is 1. The third-order valence-electron chi connectivity index (χ3n) is 2.65. The normalized spacial score (nSPS) is 12.6. The predicted octanol–water partition coefficient (Wildman–Crippen LogP) is 2.76. The molecule has 0 fully saturated rings. The van der Waals surface area contributed by atoms with Crippen LogP contribution in [0.15, 0.2) is 40.0 Å². The minimum Gasteiger partial charge on any atom is -0.392 e. The highest BCUT2D eigenvalue weighted by atomic mass is 79.9. The van der Waals surface area contributed by atoms with Crippen LogP contribution < -0.4 is 0 Å². The van der Waals surface area contributed by atoms with Gasteiger partial charge in [-0.15, -0.1) is 11.8 Å². The molecule has 1 atom stereocenters. The largest absolute Gasteiger partial charge is 0.392 e. The van der Waals surface area contributed by atoms with Crippen LogP contribution in [0.3, 0.4) is 0 Å². The van der Waals surface area contributed by atoms with Crippen molar-refractivity contribution in [3.05, 3.63) is 40.9 Å². The molecule has 2 aromatic rings. The number of thioether (sulfide) groups is 1. The van der Waals surface area contributed by atoms with E-state index in [2.05, 4.69) is 26.0 Å². The second-order valence-corrected chi connectivity index (χ2v) is 6.13. The third kappa shape index (κ3) is 4.33. The van der Waals surface area contributed by atoms with Crippen LogP contribution in [0.4, 0.5) is 0 Å². The first kappa shape index (κ1) is 14.6. The molecule has 0 aliphatic rings. The zero-order valence-corrected chi connectivity index (χ0v) is 13.1. The summed E-state index contributed by atoms with van der Waals surface area (Å²) >= 11 is 5.08. The summed E-state index contributed by atoms with van der Waals surface area (Å²) in [6, 6.07) is 8.07. The SMILES string of the molecule is CCn1ncnc1CC(O)CSc1cccc(Br)c1. The van der Waals surface area contributed by atoms with Crippen molar-refractivity contribution in [1.29, 1.82) is 0 Å². The molecular weight excluding hydrogens is 326 g/mol. The van der Waals surface area contributed by atoms with Gasteiger partial charge in [0.2, 0.25) is 0 Å². The molecule has 0 bridgehead atoms. The van der Waals surface area contributed by atoms with Gasteiger partial charge in [0.05, 0.1) is 6.10 Å². The van der Waals surface area contributed by atoms with E-state index in [4.69, 9.17) is 0 Å². The Morgan fingerprint density at radius 1 is 1.47 bits per heavy atom. The van der Waals surface area contributed by atoms with Gasteiger partial charge in [0.15, 0.2) is 0 Å². The summed E-state index contributed by atoms with van der Waals surface area (Å²) in [5.74, 6) is 1.48. The Balaban J connectivity index is 1.86. The predicted molar refractivity (Wildman–Crippen MR) is 80.3 cm³/mol. The summed E-state index contributed by atoms with van der Waals surface area (Å²) in [6.07, 6.45) is 1.65. The fourth-order valence-electron chi connectivity index (χ4n) is 1.73. The highest BCUT2D eigenvalue weighted by Crippen LogP contribution is 2.23. The molecule has 102 valence electrons. The van der Waals surface area contributed by atoms with Crippen LogP contribution in [0.1, 0.15) is 12.7 Å². The molecule has 19 heavy (non-hydrogen) atoms. The van der Waals surface area contributed by atoms with Gasteiger partial charge in [0.25, 0.3) is 0 Å². The van der Waals surface area contributed by atoms with Crippen LogP contribution in [-0.2, 0) is 13.0 Å². The molecule has 0 saturated carbocycles. The van der Waals surface area contributed by atoms with E-state index in [1.54, 1.807) is 11.8 Å². The molecule has 1 aromatic carbocycles. The van der Waals surface area contributed by atoms with E-state index < -0.39 is 6.10 Å². The molecule has 1 N–H and O–H groups in total. The van der Waals surface area contributed by atoms with E-state index in [-0.39, 0.29) is 0 Å². The summed E-state index contributed by atoms with van der Waals surface area (Å²) < 4.78 is 2.87. The van der Waals surface area contributed by atoms with Crippen molar-refractivity contribution >= 4 is 27.7 Å². The monoisotopic (exact) mass is 341 g/mol. The lowest BCUT2D eigenvalue weighted by atomic mass is 10.3. The average molecular weight is 342 g/mol. The molecule has 1 unspecified atom stereocenters. The number of hydrogen-bond donors (Lipinski definition) is 1. The van der Waals surface area contributed by atoms with Crippen LogP contribution in [-0.4, -0.2) is 31.7 Å². The summed E-state index contributed by atoms with van der Waals surface area (Å²) in [4.78, 5) is 5.32. The molecule has 0 spiro atoms. The second-order valence-electron chi connectivity index (χ2n) is 4.12. The van der Waals surface area contributed by atoms with E-state index >= 15 is 0 Å². The van der Waals surface area contributed by atoms with Crippen molar-refractivity contribution in [2.24, 2.45) is 0 Å². The lowest BCUT2D eigenvalue weighted by Crippen LogP contribution is -2.17. The van der Waals surface area contributed by atoms with Crippen molar-refractivity contribution in [1.82, 2.24) is 14.8 Å². The van der Waals surface area contributed by atoms with Crippen LogP contribution >= 0.6 is 27.7 Å². The first-order valence-electron chi connectivity index (χ1n) is 6.12. The van der Waals surface area contributed by atoms with Gasteiger partial charge in [-0.05, 0) is 25.1 Å². The number of benzene rings is 1. The number of aromatic nitrogens is 3. The molecule has 0 radical (unpaired) electrons. The van der Waals surface area contributed by atoms with E-state index in [1.807, 2.05) is 35.9 Å². The first-order chi connectivity index (χ1) is 9.19.